The first-order valence-electron chi connectivity index (χ1n) is 9.35. The number of anilines is 2. The molecule has 1 aromatic heterocycles. The molecule has 0 spiro atoms. The maximum absolute atomic E-state index is 12.5. The van der Waals surface area contributed by atoms with Gasteiger partial charge in [0.05, 0.1) is 0 Å². The van der Waals surface area contributed by atoms with Crippen molar-refractivity contribution in [2.75, 3.05) is 49.1 Å². The van der Waals surface area contributed by atoms with Gasteiger partial charge in [0.2, 0.25) is 5.91 Å². The second kappa shape index (κ2) is 7.81. The first kappa shape index (κ1) is 17.0. The normalized spacial score (nSPS) is 18.5. The first-order chi connectivity index (χ1) is 11.7. The lowest BCUT2D eigenvalue weighted by Gasteiger charge is -2.36. The molecular weight excluding hydrogens is 302 g/mol. The molecule has 0 unspecified atom stereocenters. The summed E-state index contributed by atoms with van der Waals surface area (Å²) in [6.07, 6.45) is 4.35. The van der Waals surface area contributed by atoms with E-state index in [4.69, 9.17) is 0 Å². The van der Waals surface area contributed by atoms with E-state index in [0.29, 0.717) is 5.91 Å². The van der Waals surface area contributed by atoms with Crippen molar-refractivity contribution < 1.29 is 4.79 Å². The number of hydrogen-bond donors (Lipinski definition) is 0. The number of hydrogen-bond acceptors (Lipinski definition) is 5. The minimum Gasteiger partial charge on any atom is -0.355 e. The smallest absolute Gasteiger partial charge is 0.225 e. The van der Waals surface area contributed by atoms with Crippen LogP contribution in [-0.4, -0.2) is 60.3 Å². The van der Waals surface area contributed by atoms with E-state index in [0.717, 1.165) is 63.7 Å². The second-order valence-electron chi connectivity index (χ2n) is 6.77. The van der Waals surface area contributed by atoms with Gasteiger partial charge >= 0.3 is 0 Å². The van der Waals surface area contributed by atoms with Crippen LogP contribution >= 0.6 is 0 Å². The van der Waals surface area contributed by atoms with Crippen LogP contribution in [0.25, 0.3) is 0 Å². The van der Waals surface area contributed by atoms with Crippen molar-refractivity contribution in [1.82, 2.24) is 15.1 Å². The summed E-state index contributed by atoms with van der Waals surface area (Å²) in [5.41, 5.74) is 0. The fourth-order valence-electron chi connectivity index (χ4n) is 3.65. The van der Waals surface area contributed by atoms with Gasteiger partial charge in [-0.2, -0.15) is 0 Å². The molecule has 2 saturated heterocycles. The van der Waals surface area contributed by atoms with Gasteiger partial charge in [0.25, 0.3) is 0 Å². The molecule has 0 radical (unpaired) electrons. The highest BCUT2D eigenvalue weighted by atomic mass is 16.2. The van der Waals surface area contributed by atoms with Gasteiger partial charge in [0.15, 0.2) is 11.6 Å². The predicted molar refractivity (Wildman–Crippen MR) is 96.3 cm³/mol. The van der Waals surface area contributed by atoms with Crippen LogP contribution in [0.5, 0.6) is 0 Å². The fourth-order valence-corrected chi connectivity index (χ4v) is 3.65. The van der Waals surface area contributed by atoms with Crippen LogP contribution in [0, 0.1) is 5.92 Å². The maximum atomic E-state index is 12.5. The van der Waals surface area contributed by atoms with E-state index in [9.17, 15) is 4.79 Å². The molecule has 1 amide bonds. The minimum atomic E-state index is 0.177. The lowest BCUT2D eigenvalue weighted by molar-refractivity contribution is -0.136. The Balaban J connectivity index is 1.55. The Morgan fingerprint density at radius 2 is 1.42 bits per heavy atom. The molecular formula is C18H29N5O. The number of carbonyl (C=O) groups is 1. The van der Waals surface area contributed by atoms with Crippen LogP contribution in [0.2, 0.25) is 0 Å². The molecule has 6 heteroatoms. The highest BCUT2D eigenvalue weighted by molar-refractivity contribution is 5.79. The number of aromatic nitrogens is 2. The minimum absolute atomic E-state index is 0.177. The van der Waals surface area contributed by atoms with Crippen molar-refractivity contribution >= 4 is 17.5 Å². The van der Waals surface area contributed by atoms with Crippen LogP contribution in [0.4, 0.5) is 11.6 Å². The summed E-state index contributed by atoms with van der Waals surface area (Å²) >= 11 is 0. The Kier molecular flexibility index (Phi) is 5.53. The van der Waals surface area contributed by atoms with Crippen molar-refractivity contribution in [3.8, 4) is 0 Å². The van der Waals surface area contributed by atoms with Crippen molar-refractivity contribution in [1.29, 1.82) is 0 Å². The third-order valence-electron chi connectivity index (χ3n) is 5.32. The average molecular weight is 331 g/mol. The molecule has 0 atom stereocenters. The van der Waals surface area contributed by atoms with Gasteiger partial charge in [-0.15, -0.1) is 10.2 Å². The summed E-state index contributed by atoms with van der Waals surface area (Å²) in [6.45, 7) is 9.61. The first-order valence-corrected chi connectivity index (χ1v) is 9.35. The SMILES string of the molecule is CCC(CC)C(=O)N1CCN(c2ccc(N3CCCC3)nn2)CC1. The summed E-state index contributed by atoms with van der Waals surface area (Å²) in [5.74, 6) is 2.40. The van der Waals surface area contributed by atoms with Crippen molar-refractivity contribution in [2.45, 2.75) is 39.5 Å². The summed E-state index contributed by atoms with van der Waals surface area (Å²) in [7, 11) is 0. The fraction of sp³-hybridized carbons (Fsp3) is 0.722. The van der Waals surface area contributed by atoms with E-state index in [-0.39, 0.29) is 5.92 Å². The van der Waals surface area contributed by atoms with Gasteiger partial charge < -0.3 is 14.7 Å². The van der Waals surface area contributed by atoms with E-state index in [1.165, 1.54) is 12.8 Å². The van der Waals surface area contributed by atoms with Crippen molar-refractivity contribution in [3.63, 3.8) is 0 Å². The number of carbonyl (C=O) groups excluding carboxylic acids is 1. The van der Waals surface area contributed by atoms with E-state index in [1.54, 1.807) is 0 Å². The Morgan fingerprint density at radius 1 is 0.917 bits per heavy atom. The van der Waals surface area contributed by atoms with Gasteiger partial charge in [-0.3, -0.25) is 4.79 Å². The van der Waals surface area contributed by atoms with Crippen molar-refractivity contribution in [3.05, 3.63) is 12.1 Å². The summed E-state index contributed by atoms with van der Waals surface area (Å²) in [5, 5.41) is 8.81. The molecule has 1 aromatic rings. The van der Waals surface area contributed by atoms with Gasteiger partial charge in [0.1, 0.15) is 0 Å². The Hall–Kier alpha value is -1.85. The van der Waals surface area contributed by atoms with Crippen LogP contribution < -0.4 is 9.80 Å². The molecule has 2 aliphatic heterocycles. The molecule has 24 heavy (non-hydrogen) atoms. The van der Waals surface area contributed by atoms with Gasteiger partial charge in [0, 0.05) is 45.2 Å². The lowest BCUT2D eigenvalue weighted by Crippen LogP contribution is -2.50. The molecule has 3 rings (SSSR count). The molecule has 3 heterocycles. The summed E-state index contributed by atoms with van der Waals surface area (Å²) in [4.78, 5) is 19.0. The zero-order valence-electron chi connectivity index (χ0n) is 14.9. The Bertz CT molecular complexity index is 529. The third-order valence-corrected chi connectivity index (χ3v) is 5.32. The maximum Gasteiger partial charge on any atom is 0.225 e. The van der Waals surface area contributed by atoms with Crippen LogP contribution in [0.15, 0.2) is 12.1 Å². The summed E-state index contributed by atoms with van der Waals surface area (Å²) in [6, 6.07) is 4.15. The van der Waals surface area contributed by atoms with E-state index < -0.39 is 0 Å². The number of piperazine rings is 1. The second-order valence-corrected chi connectivity index (χ2v) is 6.77. The third kappa shape index (κ3) is 3.62. The van der Waals surface area contributed by atoms with E-state index >= 15 is 0 Å². The molecule has 0 aliphatic carbocycles. The zero-order chi connectivity index (χ0) is 16.9. The lowest BCUT2D eigenvalue weighted by atomic mass is 10.0. The number of rotatable bonds is 5. The predicted octanol–water partition coefficient (Wildman–Crippen LogP) is 2.16. The zero-order valence-corrected chi connectivity index (χ0v) is 14.9. The summed E-state index contributed by atoms with van der Waals surface area (Å²) < 4.78 is 0. The molecule has 0 N–H and O–H groups in total. The molecule has 0 bridgehead atoms. The highest BCUT2D eigenvalue weighted by Crippen LogP contribution is 2.20. The standard InChI is InChI=1S/C18H29N5O/c1-3-15(4-2)18(24)23-13-11-22(12-14-23)17-8-7-16(19-20-17)21-9-5-6-10-21/h7-8,15H,3-6,9-14H2,1-2H3. The molecule has 6 nitrogen and oxygen atoms in total. The average Bonchev–Trinajstić information content (AvgIpc) is 3.18. The van der Waals surface area contributed by atoms with Gasteiger partial charge in [-0.25, -0.2) is 0 Å². The highest BCUT2D eigenvalue weighted by Gasteiger charge is 2.26. The molecule has 2 fully saturated rings. The molecule has 0 saturated carbocycles. The van der Waals surface area contributed by atoms with E-state index in [1.807, 2.05) is 4.90 Å². The Labute approximate surface area is 144 Å². The molecule has 132 valence electrons. The van der Waals surface area contributed by atoms with Gasteiger partial charge in [-0.1, -0.05) is 13.8 Å². The largest absolute Gasteiger partial charge is 0.355 e. The topological polar surface area (TPSA) is 52.6 Å². The number of nitrogens with zero attached hydrogens (tertiary/aromatic N) is 5. The van der Waals surface area contributed by atoms with Crippen molar-refractivity contribution in [2.24, 2.45) is 5.92 Å². The molecule has 0 aromatic carbocycles. The number of amides is 1. The van der Waals surface area contributed by atoms with Crippen LogP contribution in [0.3, 0.4) is 0 Å². The van der Waals surface area contributed by atoms with E-state index in [2.05, 4.69) is 46.0 Å². The monoisotopic (exact) mass is 331 g/mol. The van der Waals surface area contributed by atoms with Gasteiger partial charge in [-0.05, 0) is 37.8 Å². The molecule has 2 aliphatic rings. The quantitative estimate of drug-likeness (QED) is 0.827. The van der Waals surface area contributed by atoms with Crippen LogP contribution in [0.1, 0.15) is 39.5 Å². The van der Waals surface area contributed by atoms with Crippen LogP contribution in [-0.2, 0) is 4.79 Å². The Morgan fingerprint density at radius 3 is 1.88 bits per heavy atom.